The molecule has 6 nitrogen and oxygen atoms in total. The second-order valence-electron chi connectivity index (χ2n) is 4.81. The lowest BCUT2D eigenvalue weighted by molar-refractivity contribution is 0.0937. The molecule has 114 valence electrons. The molecule has 0 radical (unpaired) electrons. The normalized spacial score (nSPS) is 10.2. The molecule has 0 aliphatic carbocycles. The summed E-state index contributed by atoms with van der Waals surface area (Å²) in [6, 6.07) is 11.3. The Labute approximate surface area is 127 Å². The topological polar surface area (TPSA) is 118 Å². The number of nitrogen functional groups attached to an aromatic ring is 1. The molecule has 0 saturated carbocycles. The zero-order valence-corrected chi connectivity index (χ0v) is 11.9. The standard InChI is InChI=1S/C16H17N3O3/c17-13-3-1-2-12(14(13)15(18)21)16(22)19-9-8-10-4-6-11(20)7-5-10/h1-7,20H,8-9,17H2,(H2,18,21)(H,19,22). The maximum Gasteiger partial charge on any atom is 0.252 e. The minimum Gasteiger partial charge on any atom is -0.508 e. The number of carbonyl (C=O) groups excluding carboxylic acids is 2. The molecule has 2 rings (SSSR count). The number of primary amides is 1. The Morgan fingerprint density at radius 3 is 2.41 bits per heavy atom. The second-order valence-corrected chi connectivity index (χ2v) is 4.81. The van der Waals surface area contributed by atoms with Crippen LogP contribution in [-0.4, -0.2) is 23.5 Å². The largest absolute Gasteiger partial charge is 0.508 e. The number of rotatable bonds is 5. The third-order valence-electron chi connectivity index (χ3n) is 3.22. The number of anilines is 1. The minimum atomic E-state index is -0.734. The molecule has 2 aromatic rings. The van der Waals surface area contributed by atoms with Gasteiger partial charge >= 0.3 is 0 Å². The summed E-state index contributed by atoms with van der Waals surface area (Å²) in [6.45, 7) is 0.386. The van der Waals surface area contributed by atoms with E-state index in [0.717, 1.165) is 5.56 Å². The Balaban J connectivity index is 2.02. The van der Waals surface area contributed by atoms with Gasteiger partial charge in [0.25, 0.3) is 11.8 Å². The highest BCUT2D eigenvalue weighted by Gasteiger charge is 2.17. The molecule has 6 N–H and O–H groups in total. The zero-order chi connectivity index (χ0) is 16.1. The quantitative estimate of drug-likeness (QED) is 0.617. The van der Waals surface area contributed by atoms with E-state index in [1.165, 1.54) is 12.1 Å². The first-order chi connectivity index (χ1) is 10.5. The number of hydrogen-bond acceptors (Lipinski definition) is 4. The number of nitrogens with one attached hydrogen (secondary N) is 1. The van der Waals surface area contributed by atoms with E-state index in [4.69, 9.17) is 11.5 Å². The highest BCUT2D eigenvalue weighted by atomic mass is 16.3. The summed E-state index contributed by atoms with van der Waals surface area (Å²) < 4.78 is 0. The van der Waals surface area contributed by atoms with Crippen molar-refractivity contribution in [1.29, 1.82) is 0 Å². The second kappa shape index (κ2) is 6.62. The van der Waals surface area contributed by atoms with Crippen molar-refractivity contribution in [2.75, 3.05) is 12.3 Å². The summed E-state index contributed by atoms with van der Waals surface area (Å²) in [6.07, 6.45) is 0.597. The molecule has 0 heterocycles. The highest BCUT2D eigenvalue weighted by molar-refractivity contribution is 6.09. The van der Waals surface area contributed by atoms with Crippen molar-refractivity contribution >= 4 is 17.5 Å². The van der Waals surface area contributed by atoms with E-state index in [2.05, 4.69) is 5.32 Å². The van der Waals surface area contributed by atoms with Crippen LogP contribution >= 0.6 is 0 Å². The molecule has 0 atom stereocenters. The summed E-state index contributed by atoms with van der Waals surface area (Å²) >= 11 is 0. The lowest BCUT2D eigenvalue weighted by atomic mass is 10.0. The maximum absolute atomic E-state index is 12.2. The minimum absolute atomic E-state index is 0.0321. The van der Waals surface area contributed by atoms with Crippen LogP contribution in [0.4, 0.5) is 5.69 Å². The average Bonchev–Trinajstić information content (AvgIpc) is 2.48. The van der Waals surface area contributed by atoms with Crippen LogP contribution in [0.15, 0.2) is 42.5 Å². The fraction of sp³-hybridized carbons (Fsp3) is 0.125. The molecule has 6 heteroatoms. The number of amides is 2. The molecule has 2 amide bonds. The lowest BCUT2D eigenvalue weighted by Crippen LogP contribution is -2.29. The van der Waals surface area contributed by atoms with Gasteiger partial charge in [0.15, 0.2) is 0 Å². The van der Waals surface area contributed by atoms with E-state index in [-0.39, 0.29) is 22.6 Å². The zero-order valence-electron chi connectivity index (χ0n) is 11.9. The lowest BCUT2D eigenvalue weighted by Gasteiger charge is -2.10. The smallest absolute Gasteiger partial charge is 0.252 e. The number of phenolic OH excluding ortho intramolecular Hbond substituents is 1. The van der Waals surface area contributed by atoms with Crippen molar-refractivity contribution in [2.24, 2.45) is 5.73 Å². The van der Waals surface area contributed by atoms with Crippen LogP contribution in [-0.2, 0) is 6.42 Å². The van der Waals surface area contributed by atoms with E-state index >= 15 is 0 Å². The molecule has 2 aromatic carbocycles. The Morgan fingerprint density at radius 2 is 1.77 bits per heavy atom. The van der Waals surface area contributed by atoms with E-state index < -0.39 is 11.8 Å². The number of aromatic hydroxyl groups is 1. The highest BCUT2D eigenvalue weighted by Crippen LogP contribution is 2.16. The van der Waals surface area contributed by atoms with Crippen LogP contribution in [0, 0.1) is 0 Å². The fourth-order valence-electron chi connectivity index (χ4n) is 2.11. The number of hydrogen-bond donors (Lipinski definition) is 4. The molecule has 0 bridgehead atoms. The van der Waals surface area contributed by atoms with Crippen LogP contribution in [0.1, 0.15) is 26.3 Å². The molecule has 22 heavy (non-hydrogen) atoms. The van der Waals surface area contributed by atoms with Gasteiger partial charge < -0.3 is 21.9 Å². The van der Waals surface area contributed by atoms with Crippen LogP contribution < -0.4 is 16.8 Å². The van der Waals surface area contributed by atoms with Gasteiger partial charge in [-0.2, -0.15) is 0 Å². The van der Waals surface area contributed by atoms with E-state index in [0.29, 0.717) is 13.0 Å². The molecule has 0 unspecified atom stereocenters. The van der Waals surface area contributed by atoms with Gasteiger partial charge in [0.1, 0.15) is 5.75 Å². The monoisotopic (exact) mass is 299 g/mol. The van der Waals surface area contributed by atoms with Crippen LogP contribution in [0.5, 0.6) is 5.75 Å². The number of nitrogens with two attached hydrogens (primary N) is 2. The van der Waals surface area contributed by atoms with Gasteiger partial charge in [0.2, 0.25) is 0 Å². The molecule has 0 aliphatic rings. The van der Waals surface area contributed by atoms with Gasteiger partial charge in [-0.1, -0.05) is 18.2 Å². The van der Waals surface area contributed by atoms with Crippen LogP contribution in [0.25, 0.3) is 0 Å². The van der Waals surface area contributed by atoms with E-state index in [1.807, 2.05) is 0 Å². The third kappa shape index (κ3) is 3.54. The van der Waals surface area contributed by atoms with Gasteiger partial charge in [0, 0.05) is 12.2 Å². The molecule has 0 fully saturated rings. The van der Waals surface area contributed by atoms with Crippen molar-refractivity contribution in [2.45, 2.75) is 6.42 Å². The van der Waals surface area contributed by atoms with Crippen molar-refractivity contribution in [3.05, 3.63) is 59.2 Å². The predicted molar refractivity (Wildman–Crippen MR) is 83.5 cm³/mol. The number of carbonyl (C=O) groups is 2. The molecule has 0 spiro atoms. The van der Waals surface area contributed by atoms with Crippen molar-refractivity contribution in [3.8, 4) is 5.75 Å². The van der Waals surface area contributed by atoms with Gasteiger partial charge in [-0.15, -0.1) is 0 Å². The van der Waals surface area contributed by atoms with Gasteiger partial charge in [-0.05, 0) is 36.2 Å². The van der Waals surface area contributed by atoms with Crippen molar-refractivity contribution in [1.82, 2.24) is 5.32 Å². The first kappa shape index (κ1) is 15.4. The molecule has 0 saturated heterocycles. The average molecular weight is 299 g/mol. The summed E-state index contributed by atoms with van der Waals surface area (Å²) in [4.78, 5) is 23.6. The van der Waals surface area contributed by atoms with E-state index in [1.54, 1.807) is 30.3 Å². The van der Waals surface area contributed by atoms with E-state index in [9.17, 15) is 14.7 Å². The Hall–Kier alpha value is -3.02. The summed E-state index contributed by atoms with van der Waals surface area (Å²) in [7, 11) is 0. The summed E-state index contributed by atoms with van der Waals surface area (Å²) in [5.41, 5.74) is 12.3. The summed E-state index contributed by atoms with van der Waals surface area (Å²) in [5.74, 6) is -0.944. The summed E-state index contributed by atoms with van der Waals surface area (Å²) in [5, 5.41) is 11.9. The third-order valence-corrected chi connectivity index (χ3v) is 3.22. The molecular formula is C16H17N3O3. The molecular weight excluding hydrogens is 282 g/mol. The maximum atomic E-state index is 12.2. The molecule has 0 aromatic heterocycles. The van der Waals surface area contributed by atoms with Crippen molar-refractivity contribution < 1.29 is 14.7 Å². The number of phenols is 1. The Morgan fingerprint density at radius 1 is 1.09 bits per heavy atom. The number of benzene rings is 2. The first-order valence-corrected chi connectivity index (χ1v) is 6.73. The first-order valence-electron chi connectivity index (χ1n) is 6.73. The van der Waals surface area contributed by atoms with Crippen LogP contribution in [0.2, 0.25) is 0 Å². The van der Waals surface area contributed by atoms with Crippen molar-refractivity contribution in [3.63, 3.8) is 0 Å². The van der Waals surface area contributed by atoms with Gasteiger partial charge in [-0.25, -0.2) is 0 Å². The van der Waals surface area contributed by atoms with Crippen LogP contribution in [0.3, 0.4) is 0 Å². The van der Waals surface area contributed by atoms with Gasteiger partial charge in [0.05, 0.1) is 11.1 Å². The SMILES string of the molecule is NC(=O)c1c(N)cccc1C(=O)NCCc1ccc(O)cc1. The van der Waals surface area contributed by atoms with Gasteiger partial charge in [-0.3, -0.25) is 9.59 Å². The predicted octanol–water partition coefficient (Wildman–Crippen LogP) is 1.05. The Kier molecular flexibility index (Phi) is 4.63. The Bertz CT molecular complexity index is 696. The molecule has 0 aliphatic heterocycles. The fourth-order valence-corrected chi connectivity index (χ4v) is 2.11.